The molecule has 3 N–H and O–H groups in total. The maximum Gasteiger partial charge on any atom is 0.234 e. The topological polar surface area (TPSA) is 58.4 Å². The van der Waals surface area contributed by atoms with Gasteiger partial charge in [-0.1, -0.05) is 12.1 Å². The number of nitrogens with one attached hydrogen (secondary N) is 1. The van der Waals surface area contributed by atoms with E-state index in [9.17, 15) is 9.18 Å². The highest BCUT2D eigenvalue weighted by Gasteiger charge is 2.16. The largest absolute Gasteiger partial charge is 0.396 e. The lowest BCUT2D eigenvalue weighted by molar-refractivity contribution is -0.121. The van der Waals surface area contributed by atoms with Gasteiger partial charge in [0.2, 0.25) is 5.91 Å². The van der Waals surface area contributed by atoms with Gasteiger partial charge in [-0.3, -0.25) is 9.69 Å². The minimum Gasteiger partial charge on any atom is -0.396 e. The number of amides is 1. The van der Waals surface area contributed by atoms with Gasteiger partial charge in [0, 0.05) is 25.2 Å². The quantitative estimate of drug-likeness (QED) is 0.745. The van der Waals surface area contributed by atoms with E-state index in [4.69, 9.17) is 5.73 Å². The molecule has 1 aromatic carbocycles. The van der Waals surface area contributed by atoms with Crippen LogP contribution < -0.4 is 11.1 Å². The van der Waals surface area contributed by atoms with Crippen LogP contribution in [0.25, 0.3) is 0 Å². The molecule has 0 atom stereocenters. The number of nitrogens with zero attached hydrogens (tertiary/aromatic N) is 1. The van der Waals surface area contributed by atoms with Gasteiger partial charge in [0.1, 0.15) is 0 Å². The molecule has 0 saturated carbocycles. The van der Waals surface area contributed by atoms with E-state index in [-0.39, 0.29) is 17.4 Å². The van der Waals surface area contributed by atoms with Crippen molar-refractivity contribution >= 4 is 11.6 Å². The maximum absolute atomic E-state index is 13.7. The van der Waals surface area contributed by atoms with Crippen LogP contribution in [0.5, 0.6) is 0 Å². The van der Waals surface area contributed by atoms with Crippen LogP contribution in [0.15, 0.2) is 18.2 Å². The van der Waals surface area contributed by atoms with E-state index >= 15 is 0 Å². The standard InChI is InChI=1S/C12H16FN3O/c13-12-9(3-1-4-10(12)14)7-16-6-2-5-15-11(17)8-16/h1,3-4H,2,5-8,14H2,(H,15,17). The van der Waals surface area contributed by atoms with Gasteiger partial charge in [0.05, 0.1) is 12.2 Å². The summed E-state index contributed by atoms with van der Waals surface area (Å²) in [7, 11) is 0. The summed E-state index contributed by atoms with van der Waals surface area (Å²) in [6.07, 6.45) is 0.885. The Morgan fingerprint density at radius 1 is 1.47 bits per heavy atom. The predicted molar refractivity (Wildman–Crippen MR) is 63.7 cm³/mol. The van der Waals surface area contributed by atoms with Crippen molar-refractivity contribution < 1.29 is 9.18 Å². The van der Waals surface area contributed by atoms with Gasteiger partial charge in [-0.05, 0) is 12.5 Å². The van der Waals surface area contributed by atoms with Crippen molar-refractivity contribution in [3.8, 4) is 0 Å². The molecule has 1 aliphatic rings. The Kier molecular flexibility index (Phi) is 3.58. The monoisotopic (exact) mass is 237 g/mol. The summed E-state index contributed by atoms with van der Waals surface area (Å²) in [5.41, 5.74) is 6.21. The maximum atomic E-state index is 13.7. The second-order valence-corrected chi connectivity index (χ2v) is 4.23. The van der Waals surface area contributed by atoms with E-state index in [1.165, 1.54) is 6.07 Å². The molecule has 0 unspecified atom stereocenters. The molecule has 1 aromatic rings. The van der Waals surface area contributed by atoms with Crippen LogP contribution in [0.1, 0.15) is 12.0 Å². The summed E-state index contributed by atoms with van der Waals surface area (Å²) in [5, 5.41) is 2.79. The summed E-state index contributed by atoms with van der Waals surface area (Å²) < 4.78 is 13.7. The van der Waals surface area contributed by atoms with Crippen LogP contribution in [-0.2, 0) is 11.3 Å². The highest BCUT2D eigenvalue weighted by Crippen LogP contribution is 2.16. The summed E-state index contributed by atoms with van der Waals surface area (Å²) in [4.78, 5) is 13.3. The zero-order valence-electron chi connectivity index (χ0n) is 9.58. The lowest BCUT2D eigenvalue weighted by atomic mass is 10.1. The molecule has 92 valence electrons. The van der Waals surface area contributed by atoms with Crippen molar-refractivity contribution in [1.82, 2.24) is 10.2 Å². The summed E-state index contributed by atoms with van der Waals surface area (Å²) >= 11 is 0. The first kappa shape index (κ1) is 11.9. The van der Waals surface area contributed by atoms with Crippen molar-refractivity contribution in [3.63, 3.8) is 0 Å². The average Bonchev–Trinajstić information content (AvgIpc) is 2.49. The molecule has 0 spiro atoms. The van der Waals surface area contributed by atoms with E-state index in [1.54, 1.807) is 12.1 Å². The summed E-state index contributed by atoms with van der Waals surface area (Å²) in [6, 6.07) is 4.97. The first-order chi connectivity index (χ1) is 8.16. The molecule has 0 bridgehead atoms. The number of halogens is 1. The number of hydrogen-bond acceptors (Lipinski definition) is 3. The van der Waals surface area contributed by atoms with Crippen molar-refractivity contribution in [2.45, 2.75) is 13.0 Å². The number of benzene rings is 1. The minimum absolute atomic E-state index is 0.00758. The number of nitrogens with two attached hydrogens (primary N) is 1. The lowest BCUT2D eigenvalue weighted by Crippen LogP contribution is -2.32. The Hall–Kier alpha value is -1.62. The Morgan fingerprint density at radius 3 is 3.12 bits per heavy atom. The first-order valence-corrected chi connectivity index (χ1v) is 5.69. The number of anilines is 1. The molecular weight excluding hydrogens is 221 g/mol. The molecule has 4 nitrogen and oxygen atoms in total. The summed E-state index contributed by atoms with van der Waals surface area (Å²) in [5.74, 6) is -0.385. The van der Waals surface area contributed by atoms with Crippen LogP contribution in [0.2, 0.25) is 0 Å². The van der Waals surface area contributed by atoms with E-state index < -0.39 is 0 Å². The van der Waals surface area contributed by atoms with Crippen LogP contribution in [0.3, 0.4) is 0 Å². The lowest BCUT2D eigenvalue weighted by Gasteiger charge is -2.19. The van der Waals surface area contributed by atoms with Crippen molar-refractivity contribution in [2.75, 3.05) is 25.4 Å². The molecule has 0 radical (unpaired) electrons. The molecule has 17 heavy (non-hydrogen) atoms. The van der Waals surface area contributed by atoms with E-state index in [1.807, 2.05) is 4.90 Å². The van der Waals surface area contributed by atoms with Gasteiger partial charge in [-0.25, -0.2) is 4.39 Å². The number of hydrogen-bond donors (Lipinski definition) is 2. The predicted octanol–water partition coefficient (Wildman–Crippen LogP) is 0.730. The first-order valence-electron chi connectivity index (χ1n) is 5.69. The third kappa shape index (κ3) is 2.94. The molecule has 0 aromatic heterocycles. The van der Waals surface area contributed by atoms with Crippen molar-refractivity contribution in [3.05, 3.63) is 29.6 Å². The molecule has 5 heteroatoms. The zero-order chi connectivity index (χ0) is 12.3. The normalized spacial score (nSPS) is 17.6. The van der Waals surface area contributed by atoms with E-state index in [0.717, 1.165) is 13.0 Å². The van der Waals surface area contributed by atoms with Gasteiger partial charge in [-0.15, -0.1) is 0 Å². The van der Waals surface area contributed by atoms with Crippen LogP contribution >= 0.6 is 0 Å². The van der Waals surface area contributed by atoms with Gasteiger partial charge in [-0.2, -0.15) is 0 Å². The molecule has 1 heterocycles. The fourth-order valence-electron chi connectivity index (χ4n) is 1.97. The number of rotatable bonds is 2. The third-order valence-corrected chi connectivity index (χ3v) is 2.84. The highest BCUT2D eigenvalue weighted by atomic mass is 19.1. The van der Waals surface area contributed by atoms with Crippen LogP contribution in [0.4, 0.5) is 10.1 Å². The average molecular weight is 237 g/mol. The zero-order valence-corrected chi connectivity index (χ0v) is 9.58. The Bertz CT molecular complexity index is 422. The molecule has 1 aliphatic heterocycles. The number of nitrogen functional groups attached to an aromatic ring is 1. The highest BCUT2D eigenvalue weighted by molar-refractivity contribution is 5.78. The van der Waals surface area contributed by atoms with Crippen LogP contribution in [0, 0.1) is 5.82 Å². The smallest absolute Gasteiger partial charge is 0.234 e. The minimum atomic E-state index is -0.378. The van der Waals surface area contributed by atoms with E-state index in [0.29, 0.717) is 25.2 Å². The fraction of sp³-hybridized carbons (Fsp3) is 0.417. The molecule has 1 saturated heterocycles. The van der Waals surface area contributed by atoms with E-state index in [2.05, 4.69) is 5.32 Å². The van der Waals surface area contributed by atoms with Crippen molar-refractivity contribution in [1.29, 1.82) is 0 Å². The Morgan fingerprint density at radius 2 is 2.29 bits per heavy atom. The van der Waals surface area contributed by atoms with Gasteiger partial charge in [0.15, 0.2) is 5.82 Å². The third-order valence-electron chi connectivity index (χ3n) is 2.84. The number of carbonyl (C=O) groups is 1. The molecule has 1 fully saturated rings. The second-order valence-electron chi connectivity index (χ2n) is 4.23. The van der Waals surface area contributed by atoms with Crippen molar-refractivity contribution in [2.24, 2.45) is 0 Å². The second kappa shape index (κ2) is 5.14. The van der Waals surface area contributed by atoms with Crippen LogP contribution in [-0.4, -0.2) is 30.4 Å². The van der Waals surface area contributed by atoms with Gasteiger partial charge in [0.25, 0.3) is 0 Å². The Labute approximate surface area is 99.6 Å². The van der Waals surface area contributed by atoms with Gasteiger partial charge < -0.3 is 11.1 Å². The SMILES string of the molecule is Nc1cccc(CN2CCCNC(=O)C2)c1F. The molecule has 2 rings (SSSR count). The Balaban J connectivity index is 2.09. The molecule has 1 amide bonds. The molecular formula is C12H16FN3O. The van der Waals surface area contributed by atoms with Gasteiger partial charge >= 0.3 is 0 Å². The molecule has 0 aliphatic carbocycles. The number of carbonyl (C=O) groups excluding carboxylic acids is 1. The fourth-order valence-corrected chi connectivity index (χ4v) is 1.97. The summed E-state index contributed by atoms with van der Waals surface area (Å²) in [6.45, 7) is 2.21.